The number of carbonyl (C=O) groups excluding carboxylic acids is 1. The minimum absolute atomic E-state index is 0.224. The molecule has 0 aliphatic carbocycles. The van der Waals surface area contributed by atoms with Gasteiger partial charge in [-0.25, -0.2) is 9.99 Å². The Morgan fingerprint density at radius 3 is 2.87 bits per heavy atom. The van der Waals surface area contributed by atoms with E-state index in [4.69, 9.17) is 4.52 Å². The van der Waals surface area contributed by atoms with Gasteiger partial charge in [0.05, 0.1) is 17.9 Å². The van der Waals surface area contributed by atoms with E-state index in [1.807, 2.05) is 26.0 Å². The van der Waals surface area contributed by atoms with Gasteiger partial charge in [0.2, 0.25) is 6.35 Å². The Balaban J connectivity index is 1.44. The van der Waals surface area contributed by atoms with E-state index in [1.54, 1.807) is 19.3 Å². The van der Waals surface area contributed by atoms with E-state index in [0.717, 1.165) is 16.8 Å². The molecule has 0 saturated carbocycles. The molecule has 4 rings (SSSR count). The van der Waals surface area contributed by atoms with Crippen LogP contribution in [0.5, 0.6) is 0 Å². The highest BCUT2D eigenvalue weighted by molar-refractivity contribution is 7.17. The molecule has 30 heavy (non-hydrogen) atoms. The van der Waals surface area contributed by atoms with Crippen LogP contribution in [0.15, 0.2) is 34.2 Å². The van der Waals surface area contributed by atoms with Crippen molar-refractivity contribution in [1.82, 2.24) is 25.5 Å². The van der Waals surface area contributed by atoms with Gasteiger partial charge in [-0.2, -0.15) is 5.10 Å². The largest absolute Gasteiger partial charge is 0.361 e. The number of carbonyl (C=O) groups is 1. The van der Waals surface area contributed by atoms with Crippen molar-refractivity contribution in [2.24, 2.45) is 5.10 Å². The fraction of sp³-hybridized carbons (Fsp3) is 0.316. The zero-order valence-corrected chi connectivity index (χ0v) is 17.6. The number of hydrazone groups is 1. The molecule has 156 valence electrons. The molecule has 1 aliphatic rings. The topological polar surface area (TPSA) is 120 Å². The van der Waals surface area contributed by atoms with Gasteiger partial charge >= 0.3 is 0 Å². The number of aliphatic hydroxyl groups excluding tert-OH is 1. The summed E-state index contributed by atoms with van der Waals surface area (Å²) >= 11 is 1.20. The molecule has 0 fully saturated rings. The molecule has 1 unspecified atom stereocenters. The van der Waals surface area contributed by atoms with Crippen molar-refractivity contribution in [2.45, 2.75) is 40.2 Å². The molecule has 10 nitrogen and oxygen atoms in total. The second-order valence-electron chi connectivity index (χ2n) is 6.84. The van der Waals surface area contributed by atoms with Crippen molar-refractivity contribution in [2.75, 3.05) is 4.90 Å². The summed E-state index contributed by atoms with van der Waals surface area (Å²) in [5, 5.41) is 23.8. The quantitative estimate of drug-likeness (QED) is 0.612. The smallest absolute Gasteiger partial charge is 0.263 e. The van der Waals surface area contributed by atoms with Crippen LogP contribution in [-0.2, 0) is 13.1 Å². The van der Waals surface area contributed by atoms with Crippen molar-refractivity contribution < 1.29 is 14.4 Å². The van der Waals surface area contributed by atoms with E-state index in [9.17, 15) is 9.90 Å². The highest BCUT2D eigenvalue weighted by atomic mass is 32.1. The summed E-state index contributed by atoms with van der Waals surface area (Å²) in [6, 6.07) is 3.71. The van der Waals surface area contributed by atoms with Gasteiger partial charge < -0.3 is 14.9 Å². The predicted octanol–water partition coefficient (Wildman–Crippen LogP) is 1.92. The van der Waals surface area contributed by atoms with Crippen LogP contribution in [0.1, 0.15) is 37.9 Å². The SMILES string of the molecule is Cc1nc(N2C=NN(Cc3c(C)noc3C)C2O)sc1C(=O)NCc1cccnc1. The molecule has 0 aromatic carbocycles. The molecule has 0 spiro atoms. The monoisotopic (exact) mass is 427 g/mol. The van der Waals surface area contributed by atoms with Gasteiger partial charge in [-0.05, 0) is 32.4 Å². The van der Waals surface area contributed by atoms with Crippen LogP contribution in [0.2, 0.25) is 0 Å². The minimum atomic E-state index is -1.05. The van der Waals surface area contributed by atoms with Crippen LogP contribution in [0, 0.1) is 20.8 Å². The van der Waals surface area contributed by atoms with Crippen LogP contribution in [0.25, 0.3) is 0 Å². The lowest BCUT2D eigenvalue weighted by atomic mass is 10.2. The minimum Gasteiger partial charge on any atom is -0.361 e. The zero-order chi connectivity index (χ0) is 21.3. The summed E-state index contributed by atoms with van der Waals surface area (Å²) in [6.45, 7) is 6.15. The molecular weight excluding hydrogens is 406 g/mol. The molecule has 3 aromatic rings. The fourth-order valence-corrected chi connectivity index (χ4v) is 3.98. The van der Waals surface area contributed by atoms with Crippen LogP contribution in [-0.4, -0.2) is 43.8 Å². The number of aromatic nitrogens is 3. The third-order valence-corrected chi connectivity index (χ3v) is 5.90. The van der Waals surface area contributed by atoms with E-state index in [0.29, 0.717) is 34.6 Å². The van der Waals surface area contributed by atoms with E-state index in [-0.39, 0.29) is 5.91 Å². The van der Waals surface area contributed by atoms with E-state index >= 15 is 0 Å². The van der Waals surface area contributed by atoms with Crippen molar-refractivity contribution in [3.8, 4) is 0 Å². The number of hydrogen-bond acceptors (Lipinski definition) is 10. The van der Waals surface area contributed by atoms with Crippen LogP contribution >= 0.6 is 11.3 Å². The molecule has 4 heterocycles. The third kappa shape index (κ3) is 3.89. The zero-order valence-electron chi connectivity index (χ0n) is 16.7. The number of hydrogen-bond donors (Lipinski definition) is 2. The van der Waals surface area contributed by atoms with Gasteiger partial charge in [0.25, 0.3) is 5.91 Å². The second-order valence-corrected chi connectivity index (χ2v) is 7.82. The predicted molar refractivity (Wildman–Crippen MR) is 111 cm³/mol. The summed E-state index contributed by atoms with van der Waals surface area (Å²) < 4.78 is 5.17. The van der Waals surface area contributed by atoms with Gasteiger partial charge in [-0.1, -0.05) is 22.6 Å². The molecule has 1 amide bonds. The number of amides is 1. The average Bonchev–Trinajstić information content (AvgIpc) is 3.40. The number of rotatable bonds is 6. The number of anilines is 1. The maximum absolute atomic E-state index is 12.6. The maximum atomic E-state index is 12.6. The number of nitrogens with one attached hydrogen (secondary N) is 1. The maximum Gasteiger partial charge on any atom is 0.263 e. The molecule has 0 radical (unpaired) electrons. The van der Waals surface area contributed by atoms with Crippen LogP contribution < -0.4 is 10.2 Å². The Bertz CT molecular complexity index is 1060. The first-order valence-corrected chi connectivity index (χ1v) is 10.1. The Morgan fingerprint density at radius 1 is 1.33 bits per heavy atom. The van der Waals surface area contributed by atoms with Gasteiger partial charge in [-0.3, -0.25) is 14.7 Å². The molecule has 2 N–H and O–H groups in total. The highest BCUT2D eigenvalue weighted by Gasteiger charge is 2.31. The fourth-order valence-electron chi connectivity index (χ4n) is 3.01. The molecule has 3 aromatic heterocycles. The molecule has 0 bridgehead atoms. The third-order valence-electron chi connectivity index (χ3n) is 4.73. The van der Waals surface area contributed by atoms with Gasteiger partial charge in [0.1, 0.15) is 17.0 Å². The summed E-state index contributed by atoms with van der Waals surface area (Å²) in [5.41, 5.74) is 3.12. The standard InChI is InChI=1S/C19H21N7O3S/c1-11-15(13(3)29-24-11)9-26-19(28)25(10-22-26)18-23-12(2)16(30-18)17(27)21-8-14-5-4-6-20-7-14/h4-7,10,19,28H,8-9H2,1-3H3,(H,21,27). The number of thiazole rings is 1. The number of nitrogens with zero attached hydrogens (tertiary/aromatic N) is 6. The van der Waals surface area contributed by atoms with Crippen LogP contribution in [0.3, 0.4) is 0 Å². The Hall–Kier alpha value is -3.31. The summed E-state index contributed by atoms with van der Waals surface area (Å²) in [4.78, 5) is 23.1. The first-order chi connectivity index (χ1) is 14.4. The highest BCUT2D eigenvalue weighted by Crippen LogP contribution is 2.30. The first-order valence-electron chi connectivity index (χ1n) is 9.27. The first kappa shape index (κ1) is 20.0. The molecule has 1 aliphatic heterocycles. The lowest BCUT2D eigenvalue weighted by Gasteiger charge is -2.23. The molecule has 11 heteroatoms. The normalized spacial score (nSPS) is 15.8. The molecular formula is C19H21N7O3S. The molecule has 1 atom stereocenters. The lowest BCUT2D eigenvalue weighted by molar-refractivity contribution is 0.0208. The molecule has 0 saturated heterocycles. The van der Waals surface area contributed by atoms with E-state index in [2.05, 4.69) is 25.5 Å². The Morgan fingerprint density at radius 2 is 2.17 bits per heavy atom. The van der Waals surface area contributed by atoms with Crippen molar-refractivity contribution in [3.63, 3.8) is 0 Å². The number of aliphatic hydroxyl groups is 1. The average molecular weight is 427 g/mol. The second kappa shape index (κ2) is 8.20. The summed E-state index contributed by atoms with van der Waals surface area (Å²) in [5.74, 6) is 0.462. The summed E-state index contributed by atoms with van der Waals surface area (Å²) in [7, 11) is 0. The Labute approximate surface area is 176 Å². The van der Waals surface area contributed by atoms with Crippen molar-refractivity contribution in [1.29, 1.82) is 0 Å². The van der Waals surface area contributed by atoms with Gasteiger partial charge in [0.15, 0.2) is 5.13 Å². The van der Waals surface area contributed by atoms with Crippen molar-refractivity contribution in [3.05, 3.63) is 57.7 Å². The van der Waals surface area contributed by atoms with Gasteiger partial charge in [-0.15, -0.1) is 0 Å². The Kier molecular flexibility index (Phi) is 5.46. The van der Waals surface area contributed by atoms with E-state index < -0.39 is 6.35 Å². The van der Waals surface area contributed by atoms with Gasteiger partial charge in [0, 0.05) is 24.5 Å². The lowest BCUT2D eigenvalue weighted by Crippen LogP contribution is -2.39. The van der Waals surface area contributed by atoms with E-state index in [1.165, 1.54) is 27.6 Å². The summed E-state index contributed by atoms with van der Waals surface area (Å²) in [6.07, 6.45) is 3.84. The number of pyridine rings is 1. The van der Waals surface area contributed by atoms with Crippen LogP contribution in [0.4, 0.5) is 5.13 Å². The van der Waals surface area contributed by atoms with Crippen molar-refractivity contribution >= 4 is 28.7 Å². The number of aryl methyl sites for hydroxylation is 3.